The topological polar surface area (TPSA) is 62.6 Å². The number of rotatable bonds is 9. The Morgan fingerprint density at radius 2 is 1.97 bits per heavy atom. The third-order valence-electron chi connectivity index (χ3n) is 5.38. The summed E-state index contributed by atoms with van der Waals surface area (Å²) in [7, 11) is 0. The van der Waals surface area contributed by atoms with Gasteiger partial charge in [-0.05, 0) is 34.7 Å². The molecule has 2 heterocycles. The number of hydrogen-bond acceptors (Lipinski definition) is 5. The predicted molar refractivity (Wildman–Crippen MR) is 120 cm³/mol. The molecule has 4 rings (SSSR count). The van der Waals surface area contributed by atoms with Crippen LogP contribution in [0, 0.1) is 0 Å². The van der Waals surface area contributed by atoms with E-state index < -0.39 is 12.2 Å². The van der Waals surface area contributed by atoms with E-state index in [2.05, 4.69) is 43.1 Å². The van der Waals surface area contributed by atoms with Crippen LogP contribution in [0.5, 0.6) is 11.8 Å². The number of aromatic nitrogens is 2. The Hall–Kier alpha value is -3.19. The third-order valence-corrected chi connectivity index (χ3v) is 5.38. The maximum Gasteiger partial charge on any atom is 0.300 e. The zero-order valence-corrected chi connectivity index (χ0v) is 18.3. The summed E-state index contributed by atoms with van der Waals surface area (Å²) in [4.78, 5) is 15.7. The number of alkyl halides is 1. The minimum absolute atomic E-state index is 0.0169. The van der Waals surface area contributed by atoms with Crippen molar-refractivity contribution >= 4 is 0 Å². The highest BCUT2D eigenvalue weighted by Gasteiger charge is 2.26. The maximum atomic E-state index is 12.3. The Balaban J connectivity index is 1.37. The quantitative estimate of drug-likeness (QED) is 0.465. The Morgan fingerprint density at radius 1 is 1.16 bits per heavy atom. The number of nitrogens with zero attached hydrogens (tertiary/aromatic N) is 2. The van der Waals surface area contributed by atoms with Gasteiger partial charge in [0.2, 0.25) is 0 Å². The molecular weight excluding hydrogens is 411 g/mol. The van der Waals surface area contributed by atoms with E-state index in [1.54, 1.807) is 4.57 Å². The van der Waals surface area contributed by atoms with Crippen molar-refractivity contribution in [1.82, 2.24) is 9.55 Å². The molecule has 32 heavy (non-hydrogen) atoms. The van der Waals surface area contributed by atoms with Crippen LogP contribution < -0.4 is 15.0 Å². The normalized spacial score (nSPS) is 14.9. The molecule has 1 atom stereocenters. The van der Waals surface area contributed by atoms with Crippen LogP contribution in [0.4, 0.5) is 4.39 Å². The number of benzene rings is 2. The summed E-state index contributed by atoms with van der Waals surface area (Å²) in [6, 6.07) is 18.1. The summed E-state index contributed by atoms with van der Waals surface area (Å²) in [5.41, 5.74) is 3.82. The van der Waals surface area contributed by atoms with Crippen LogP contribution in [0.1, 0.15) is 31.0 Å². The summed E-state index contributed by atoms with van der Waals surface area (Å²) >= 11 is 0. The van der Waals surface area contributed by atoms with Crippen LogP contribution in [-0.2, 0) is 17.9 Å². The van der Waals surface area contributed by atoms with Crippen LogP contribution in [0.2, 0.25) is 0 Å². The zero-order chi connectivity index (χ0) is 22.5. The van der Waals surface area contributed by atoms with Crippen LogP contribution >= 0.6 is 0 Å². The number of fused-ring (bicyclic) bond motifs is 1. The Bertz CT molecular complexity index is 1110. The standard InChI is InChI=1S/C25H27FN2O4/c1-17(2)19-4-3-5-20(12-19)18-6-8-22(9-7-18)31-16-23-14-28-21(15-30-11-10-26)13-24(29)27-25(28)32-23/h3-9,12-13,17,23H,10-11,14-16H2,1-2H3. The molecule has 1 aromatic heterocycles. The van der Waals surface area contributed by atoms with Crippen LogP contribution in [0.25, 0.3) is 11.1 Å². The molecule has 6 nitrogen and oxygen atoms in total. The van der Waals surface area contributed by atoms with E-state index in [0.717, 1.165) is 11.3 Å². The van der Waals surface area contributed by atoms with Gasteiger partial charge < -0.3 is 14.2 Å². The predicted octanol–water partition coefficient (Wildman–Crippen LogP) is 4.36. The monoisotopic (exact) mass is 438 g/mol. The molecule has 0 spiro atoms. The average Bonchev–Trinajstić information content (AvgIpc) is 3.21. The van der Waals surface area contributed by atoms with Crippen molar-refractivity contribution in [1.29, 1.82) is 0 Å². The molecule has 0 saturated heterocycles. The van der Waals surface area contributed by atoms with Gasteiger partial charge in [-0.3, -0.25) is 9.36 Å². The zero-order valence-electron chi connectivity index (χ0n) is 18.3. The van der Waals surface area contributed by atoms with Gasteiger partial charge in [-0.15, -0.1) is 0 Å². The summed E-state index contributed by atoms with van der Waals surface area (Å²) in [6.45, 7) is 4.71. The van der Waals surface area contributed by atoms with Crippen molar-refractivity contribution in [3.63, 3.8) is 0 Å². The first kappa shape index (κ1) is 22.0. The average molecular weight is 438 g/mol. The molecule has 1 aliphatic heterocycles. The first-order chi connectivity index (χ1) is 15.5. The molecule has 168 valence electrons. The van der Waals surface area contributed by atoms with E-state index in [-0.39, 0.29) is 25.3 Å². The summed E-state index contributed by atoms with van der Waals surface area (Å²) < 4.78 is 31.0. The lowest BCUT2D eigenvalue weighted by Gasteiger charge is -2.12. The second-order valence-corrected chi connectivity index (χ2v) is 8.08. The highest BCUT2D eigenvalue weighted by atomic mass is 19.1. The van der Waals surface area contributed by atoms with Gasteiger partial charge in [-0.25, -0.2) is 4.39 Å². The molecule has 0 bridgehead atoms. The lowest BCUT2D eigenvalue weighted by Crippen LogP contribution is -2.23. The minimum Gasteiger partial charge on any atom is -0.490 e. The lowest BCUT2D eigenvalue weighted by molar-refractivity contribution is 0.101. The van der Waals surface area contributed by atoms with Gasteiger partial charge in [-0.2, -0.15) is 4.98 Å². The fourth-order valence-corrected chi connectivity index (χ4v) is 3.65. The smallest absolute Gasteiger partial charge is 0.300 e. The Morgan fingerprint density at radius 3 is 2.72 bits per heavy atom. The van der Waals surface area contributed by atoms with Gasteiger partial charge in [-0.1, -0.05) is 50.2 Å². The highest BCUT2D eigenvalue weighted by Crippen LogP contribution is 2.26. The summed E-state index contributed by atoms with van der Waals surface area (Å²) in [5, 5.41) is 0. The SMILES string of the molecule is CC(C)c1cccc(-c2ccc(OCC3Cn4c(COCCF)cc(=O)nc4O3)cc2)c1. The first-order valence-corrected chi connectivity index (χ1v) is 10.8. The Kier molecular flexibility index (Phi) is 6.85. The van der Waals surface area contributed by atoms with Crippen molar-refractivity contribution in [2.75, 3.05) is 19.9 Å². The molecule has 0 amide bonds. The van der Waals surface area contributed by atoms with Crippen molar-refractivity contribution in [3.8, 4) is 22.9 Å². The summed E-state index contributed by atoms with van der Waals surface area (Å²) in [6.07, 6.45) is -0.286. The maximum absolute atomic E-state index is 12.3. The molecule has 2 aromatic carbocycles. The third kappa shape index (κ3) is 5.16. The number of halogens is 1. The second kappa shape index (κ2) is 9.96. The molecule has 0 aliphatic carbocycles. The van der Waals surface area contributed by atoms with Crippen molar-refractivity contribution in [3.05, 3.63) is 76.2 Å². The van der Waals surface area contributed by atoms with Crippen molar-refractivity contribution in [2.24, 2.45) is 0 Å². The molecule has 0 fully saturated rings. The van der Waals surface area contributed by atoms with E-state index in [1.807, 2.05) is 24.3 Å². The van der Waals surface area contributed by atoms with E-state index in [9.17, 15) is 9.18 Å². The molecular formula is C25H27FN2O4. The summed E-state index contributed by atoms with van der Waals surface area (Å²) in [5.74, 6) is 1.22. The fourth-order valence-electron chi connectivity index (χ4n) is 3.65. The van der Waals surface area contributed by atoms with E-state index >= 15 is 0 Å². The second-order valence-electron chi connectivity index (χ2n) is 8.08. The molecule has 0 radical (unpaired) electrons. The van der Waals surface area contributed by atoms with Crippen LogP contribution in [0.3, 0.4) is 0 Å². The molecule has 1 unspecified atom stereocenters. The van der Waals surface area contributed by atoms with Gasteiger partial charge in [0.15, 0.2) is 6.10 Å². The van der Waals surface area contributed by atoms with Crippen molar-refractivity contribution in [2.45, 2.75) is 39.0 Å². The molecule has 1 aliphatic rings. The molecule has 0 saturated carbocycles. The number of ether oxygens (including phenoxy) is 3. The van der Waals surface area contributed by atoms with E-state index in [1.165, 1.54) is 17.2 Å². The number of hydrogen-bond donors (Lipinski definition) is 0. The fraction of sp³-hybridized carbons (Fsp3) is 0.360. The van der Waals surface area contributed by atoms with Gasteiger partial charge in [0.25, 0.3) is 5.56 Å². The van der Waals surface area contributed by atoms with E-state index in [0.29, 0.717) is 24.8 Å². The largest absolute Gasteiger partial charge is 0.490 e. The molecule has 3 aromatic rings. The van der Waals surface area contributed by atoms with Gasteiger partial charge in [0.05, 0.1) is 25.5 Å². The van der Waals surface area contributed by atoms with Crippen LogP contribution in [0.15, 0.2) is 59.4 Å². The van der Waals surface area contributed by atoms with Gasteiger partial charge in [0, 0.05) is 6.07 Å². The first-order valence-electron chi connectivity index (χ1n) is 10.8. The van der Waals surface area contributed by atoms with Crippen LogP contribution in [-0.4, -0.2) is 35.5 Å². The lowest BCUT2D eigenvalue weighted by atomic mass is 9.97. The van der Waals surface area contributed by atoms with Gasteiger partial charge in [0.1, 0.15) is 19.0 Å². The highest BCUT2D eigenvalue weighted by molar-refractivity contribution is 5.65. The molecule has 0 N–H and O–H groups in total. The molecule has 7 heteroatoms. The van der Waals surface area contributed by atoms with Crippen molar-refractivity contribution < 1.29 is 18.6 Å². The Labute approximate surface area is 186 Å². The van der Waals surface area contributed by atoms with Gasteiger partial charge >= 0.3 is 6.01 Å². The van der Waals surface area contributed by atoms with E-state index in [4.69, 9.17) is 14.2 Å². The minimum atomic E-state index is -0.572.